The molecule has 8 heavy (non-hydrogen) atoms. The fourth-order valence-electron chi connectivity index (χ4n) is 0.741. The number of rotatable bonds is 1. The van der Waals surface area contributed by atoms with Gasteiger partial charge in [0.1, 0.15) is 0 Å². The Hall–Kier alpha value is -0.850. The van der Waals surface area contributed by atoms with E-state index in [1.54, 1.807) is 0 Å². The Morgan fingerprint density at radius 1 is 1.50 bits per heavy atom. The van der Waals surface area contributed by atoms with E-state index < -0.39 is 0 Å². The van der Waals surface area contributed by atoms with Crippen molar-refractivity contribution >= 4 is 6.21 Å². The molecule has 1 rings (SSSR count). The molecule has 0 saturated carbocycles. The van der Waals surface area contributed by atoms with Crippen molar-refractivity contribution in [3.63, 3.8) is 0 Å². The van der Waals surface area contributed by atoms with E-state index in [0.29, 0.717) is 0 Å². The third-order valence-corrected chi connectivity index (χ3v) is 1.19. The number of allylic oxidation sites excluding steroid dienone is 4. The van der Waals surface area contributed by atoms with E-state index in [2.05, 4.69) is 12.2 Å². The maximum atomic E-state index is 6.85. The van der Waals surface area contributed by atoms with Gasteiger partial charge in [-0.15, -0.1) is 0 Å². The molecule has 1 aliphatic carbocycles. The lowest BCUT2D eigenvalue weighted by Gasteiger charge is -1.97. The van der Waals surface area contributed by atoms with Crippen molar-refractivity contribution in [2.24, 2.45) is 0 Å². The third kappa shape index (κ3) is 1.06. The lowest BCUT2D eigenvalue weighted by Crippen LogP contribution is -1.82. The highest BCUT2D eigenvalue weighted by atomic mass is 14.3. The van der Waals surface area contributed by atoms with Crippen molar-refractivity contribution < 1.29 is 0 Å². The van der Waals surface area contributed by atoms with Crippen LogP contribution in [0.2, 0.25) is 0 Å². The van der Waals surface area contributed by atoms with Gasteiger partial charge in [-0.25, -0.2) is 0 Å². The maximum absolute atomic E-state index is 6.85. The SMILES string of the molecule is N=CC1=CCCC=C1. The van der Waals surface area contributed by atoms with Crippen molar-refractivity contribution in [2.75, 3.05) is 0 Å². The first kappa shape index (κ1) is 5.29. The summed E-state index contributed by atoms with van der Waals surface area (Å²) in [6.45, 7) is 0. The molecule has 0 unspecified atom stereocenters. The molecule has 0 aromatic carbocycles. The first-order chi connectivity index (χ1) is 3.93. The molecule has 0 aromatic rings. The quantitative estimate of drug-likeness (QED) is 0.495. The molecule has 0 aromatic heterocycles. The second kappa shape index (κ2) is 2.46. The predicted molar refractivity (Wildman–Crippen MR) is 35.2 cm³/mol. The summed E-state index contributed by atoms with van der Waals surface area (Å²) in [6.07, 6.45) is 9.78. The largest absolute Gasteiger partial charge is 0.308 e. The van der Waals surface area contributed by atoms with Gasteiger partial charge in [0.05, 0.1) is 0 Å². The van der Waals surface area contributed by atoms with Crippen LogP contribution >= 0.6 is 0 Å². The topological polar surface area (TPSA) is 23.9 Å². The van der Waals surface area contributed by atoms with Gasteiger partial charge in [0.25, 0.3) is 0 Å². The van der Waals surface area contributed by atoms with E-state index in [1.807, 2.05) is 6.08 Å². The smallest absolute Gasteiger partial charge is 0.0246 e. The molecule has 0 fully saturated rings. The highest BCUT2D eigenvalue weighted by Crippen LogP contribution is 2.06. The van der Waals surface area contributed by atoms with Crippen LogP contribution in [0.1, 0.15) is 12.8 Å². The molecule has 1 aliphatic rings. The molecule has 0 bridgehead atoms. The summed E-state index contributed by atoms with van der Waals surface area (Å²) in [7, 11) is 0. The summed E-state index contributed by atoms with van der Waals surface area (Å²) in [5, 5.41) is 6.85. The predicted octanol–water partition coefficient (Wildman–Crippen LogP) is 1.91. The fraction of sp³-hybridized carbons (Fsp3) is 0.286. The molecule has 1 N–H and O–H groups in total. The van der Waals surface area contributed by atoms with E-state index in [4.69, 9.17) is 5.41 Å². The molecule has 42 valence electrons. The number of hydrogen-bond donors (Lipinski definition) is 1. The van der Waals surface area contributed by atoms with E-state index in [9.17, 15) is 0 Å². The highest BCUT2D eigenvalue weighted by molar-refractivity contribution is 5.79. The number of hydrogen-bond acceptors (Lipinski definition) is 1. The first-order valence-electron chi connectivity index (χ1n) is 2.80. The summed E-state index contributed by atoms with van der Waals surface area (Å²) in [5.41, 5.74) is 1.04. The van der Waals surface area contributed by atoms with Crippen LogP contribution < -0.4 is 0 Å². The van der Waals surface area contributed by atoms with Gasteiger partial charge in [0.15, 0.2) is 0 Å². The minimum absolute atomic E-state index is 1.04. The molecule has 0 saturated heterocycles. The summed E-state index contributed by atoms with van der Waals surface area (Å²) in [4.78, 5) is 0. The Labute approximate surface area is 49.2 Å². The Morgan fingerprint density at radius 3 is 2.75 bits per heavy atom. The molecule has 0 amide bonds. The van der Waals surface area contributed by atoms with Crippen molar-refractivity contribution in [3.05, 3.63) is 23.8 Å². The van der Waals surface area contributed by atoms with Crippen molar-refractivity contribution in [1.82, 2.24) is 0 Å². The van der Waals surface area contributed by atoms with Gasteiger partial charge in [0.2, 0.25) is 0 Å². The summed E-state index contributed by atoms with van der Waals surface area (Å²) >= 11 is 0. The van der Waals surface area contributed by atoms with Gasteiger partial charge < -0.3 is 5.41 Å². The van der Waals surface area contributed by atoms with Crippen molar-refractivity contribution in [3.8, 4) is 0 Å². The van der Waals surface area contributed by atoms with Gasteiger partial charge in [-0.3, -0.25) is 0 Å². The van der Waals surface area contributed by atoms with Crippen LogP contribution in [-0.4, -0.2) is 6.21 Å². The van der Waals surface area contributed by atoms with Crippen LogP contribution in [0.5, 0.6) is 0 Å². The van der Waals surface area contributed by atoms with Crippen molar-refractivity contribution in [2.45, 2.75) is 12.8 Å². The Balaban J connectivity index is 2.64. The third-order valence-electron chi connectivity index (χ3n) is 1.19. The molecule has 0 heterocycles. The zero-order valence-electron chi connectivity index (χ0n) is 4.72. The van der Waals surface area contributed by atoms with E-state index in [1.165, 1.54) is 6.21 Å². The average molecular weight is 107 g/mol. The molecule has 0 spiro atoms. The van der Waals surface area contributed by atoms with Crippen LogP contribution in [0, 0.1) is 5.41 Å². The Kier molecular flexibility index (Phi) is 1.62. The first-order valence-corrected chi connectivity index (χ1v) is 2.80. The molecule has 1 heteroatoms. The van der Waals surface area contributed by atoms with Crippen LogP contribution in [0.25, 0.3) is 0 Å². The summed E-state index contributed by atoms with van der Waals surface area (Å²) < 4.78 is 0. The van der Waals surface area contributed by atoms with Gasteiger partial charge in [-0.1, -0.05) is 18.2 Å². The molecular formula is C7H9N. The van der Waals surface area contributed by atoms with Crippen LogP contribution in [0.3, 0.4) is 0 Å². The van der Waals surface area contributed by atoms with Gasteiger partial charge >= 0.3 is 0 Å². The van der Waals surface area contributed by atoms with Crippen LogP contribution in [0.15, 0.2) is 23.8 Å². The monoisotopic (exact) mass is 107 g/mol. The second-order valence-electron chi connectivity index (χ2n) is 1.83. The zero-order chi connectivity index (χ0) is 5.82. The fourth-order valence-corrected chi connectivity index (χ4v) is 0.741. The molecule has 0 aliphatic heterocycles. The van der Waals surface area contributed by atoms with E-state index >= 15 is 0 Å². The summed E-state index contributed by atoms with van der Waals surface area (Å²) in [5.74, 6) is 0. The lowest BCUT2D eigenvalue weighted by atomic mass is 10.1. The minimum atomic E-state index is 1.04. The minimum Gasteiger partial charge on any atom is -0.308 e. The zero-order valence-corrected chi connectivity index (χ0v) is 4.72. The highest BCUT2D eigenvalue weighted by Gasteiger charge is 1.89. The van der Waals surface area contributed by atoms with Gasteiger partial charge in [-0.2, -0.15) is 0 Å². The van der Waals surface area contributed by atoms with Gasteiger partial charge in [0, 0.05) is 6.21 Å². The Morgan fingerprint density at radius 2 is 2.38 bits per heavy atom. The maximum Gasteiger partial charge on any atom is 0.0246 e. The number of nitrogens with one attached hydrogen (secondary N) is 1. The van der Waals surface area contributed by atoms with E-state index in [-0.39, 0.29) is 0 Å². The van der Waals surface area contributed by atoms with Crippen LogP contribution in [-0.2, 0) is 0 Å². The van der Waals surface area contributed by atoms with Crippen molar-refractivity contribution in [1.29, 1.82) is 5.41 Å². The normalized spacial score (nSPS) is 17.8. The average Bonchev–Trinajstić information content (AvgIpc) is 1.90. The second-order valence-corrected chi connectivity index (χ2v) is 1.83. The molecule has 0 radical (unpaired) electrons. The van der Waals surface area contributed by atoms with E-state index in [0.717, 1.165) is 18.4 Å². The Bertz CT molecular complexity index is 142. The standard InChI is InChI=1S/C7H9N/c8-6-7-4-2-1-3-5-7/h2,4-6,8H,1,3H2. The van der Waals surface area contributed by atoms with Crippen LogP contribution in [0.4, 0.5) is 0 Å². The molecular weight excluding hydrogens is 98.1 g/mol. The van der Waals surface area contributed by atoms with Gasteiger partial charge in [-0.05, 0) is 18.4 Å². The summed E-state index contributed by atoms with van der Waals surface area (Å²) in [6, 6.07) is 0. The molecule has 0 atom stereocenters. The molecule has 1 nitrogen and oxygen atoms in total. The lowest BCUT2D eigenvalue weighted by molar-refractivity contribution is 1.03.